The Morgan fingerprint density at radius 3 is 2.47 bits per heavy atom. The molecule has 0 radical (unpaired) electrons. The fourth-order valence-corrected chi connectivity index (χ4v) is 3.26. The summed E-state index contributed by atoms with van der Waals surface area (Å²) >= 11 is 5.85. The summed E-state index contributed by atoms with van der Waals surface area (Å²) in [6.07, 6.45) is -3.08. The number of hydrogen-bond donors (Lipinski definition) is 1. The average molecular weight is 467 g/mol. The molecule has 30 heavy (non-hydrogen) atoms. The number of alkyl halides is 3. The van der Waals surface area contributed by atoms with Crippen LogP contribution in [0.5, 0.6) is 17.2 Å². The van der Waals surface area contributed by atoms with E-state index in [-0.39, 0.29) is 28.7 Å². The van der Waals surface area contributed by atoms with E-state index < -0.39 is 36.2 Å². The van der Waals surface area contributed by atoms with E-state index in [0.717, 1.165) is 30.7 Å². The van der Waals surface area contributed by atoms with Crippen LogP contribution in [0.2, 0.25) is 5.02 Å². The van der Waals surface area contributed by atoms with Crippen LogP contribution in [0.3, 0.4) is 0 Å². The first-order valence-electron chi connectivity index (χ1n) is 8.67. The van der Waals surface area contributed by atoms with Crippen molar-refractivity contribution in [1.82, 2.24) is 0 Å². The molecule has 2 aromatic carbocycles. The lowest BCUT2D eigenvalue weighted by atomic mass is 10.2. The number of unbranched alkanes of at least 4 members (excludes halogenated alkanes) is 1. The summed E-state index contributed by atoms with van der Waals surface area (Å²) in [5.41, 5.74) is -1.42. The van der Waals surface area contributed by atoms with Gasteiger partial charge in [0.2, 0.25) is 5.75 Å². The summed E-state index contributed by atoms with van der Waals surface area (Å²) in [4.78, 5) is 20.0. The van der Waals surface area contributed by atoms with E-state index in [4.69, 9.17) is 21.1 Å². The number of rotatable bonds is 9. The first-order valence-corrected chi connectivity index (χ1v) is 10.3. The largest absolute Gasteiger partial charge is 0.550 e. The van der Waals surface area contributed by atoms with Crippen LogP contribution in [0.15, 0.2) is 36.4 Å². The highest BCUT2D eigenvalue weighted by molar-refractivity contribution is 7.38. The second kappa shape index (κ2) is 10.1. The SMILES string of the molecule is CCCCC(Oc1cc(Oc2ccc(C(F)(F)F)cc2Cl)ccc1[N+](=O)[O-])[P+](=O)O. The van der Waals surface area contributed by atoms with Gasteiger partial charge in [-0.05, 0) is 35.3 Å². The second-order valence-electron chi connectivity index (χ2n) is 6.15. The van der Waals surface area contributed by atoms with Crippen LogP contribution in [0.25, 0.3) is 0 Å². The Kier molecular flexibility index (Phi) is 8.00. The van der Waals surface area contributed by atoms with E-state index in [2.05, 4.69) is 0 Å². The van der Waals surface area contributed by atoms with Crippen molar-refractivity contribution in [3.05, 3.63) is 57.1 Å². The zero-order valence-electron chi connectivity index (χ0n) is 15.6. The fourth-order valence-electron chi connectivity index (χ4n) is 2.43. The van der Waals surface area contributed by atoms with Crippen molar-refractivity contribution < 1.29 is 37.0 Å². The number of halogens is 4. The molecule has 0 saturated carbocycles. The van der Waals surface area contributed by atoms with E-state index >= 15 is 0 Å². The molecule has 2 aromatic rings. The molecular weight excluding hydrogens is 450 g/mol. The summed E-state index contributed by atoms with van der Waals surface area (Å²) in [5, 5.41) is 10.9. The summed E-state index contributed by atoms with van der Waals surface area (Å²) in [5.74, 6) is -1.59. The average Bonchev–Trinajstić information content (AvgIpc) is 2.65. The van der Waals surface area contributed by atoms with Crippen molar-refractivity contribution in [3.63, 3.8) is 0 Å². The molecule has 0 spiro atoms. The van der Waals surface area contributed by atoms with Gasteiger partial charge in [0.25, 0.3) is 0 Å². The van der Waals surface area contributed by atoms with E-state index in [1.165, 1.54) is 6.07 Å². The Balaban J connectivity index is 2.33. The fraction of sp³-hybridized carbons (Fsp3) is 0.333. The molecule has 0 aliphatic rings. The Morgan fingerprint density at radius 1 is 1.23 bits per heavy atom. The zero-order chi connectivity index (χ0) is 22.5. The van der Waals surface area contributed by atoms with Crippen LogP contribution in [-0.2, 0) is 10.7 Å². The maximum Gasteiger partial charge on any atom is 0.550 e. The third kappa shape index (κ3) is 6.29. The molecule has 2 rings (SSSR count). The summed E-state index contributed by atoms with van der Waals surface area (Å²) < 4.78 is 60.6. The number of ether oxygens (including phenoxy) is 2. The first kappa shape index (κ1) is 23.9. The molecule has 7 nitrogen and oxygen atoms in total. The van der Waals surface area contributed by atoms with Gasteiger partial charge >= 0.3 is 25.7 Å². The molecule has 12 heteroatoms. The van der Waals surface area contributed by atoms with Gasteiger partial charge in [0.15, 0.2) is 0 Å². The molecule has 162 valence electrons. The van der Waals surface area contributed by atoms with Gasteiger partial charge in [-0.2, -0.15) is 18.1 Å². The smallest absolute Gasteiger partial charge is 0.456 e. The van der Waals surface area contributed by atoms with E-state index in [1.807, 2.05) is 6.92 Å². The highest BCUT2D eigenvalue weighted by atomic mass is 35.5. The molecule has 1 N–H and O–H groups in total. The maximum atomic E-state index is 12.8. The van der Waals surface area contributed by atoms with Crippen LogP contribution in [-0.4, -0.2) is 15.7 Å². The van der Waals surface area contributed by atoms with E-state index in [0.29, 0.717) is 12.5 Å². The summed E-state index contributed by atoms with van der Waals surface area (Å²) in [6, 6.07) is 5.87. The summed E-state index contributed by atoms with van der Waals surface area (Å²) in [6.45, 7) is 1.87. The van der Waals surface area contributed by atoms with Crippen molar-refractivity contribution in [3.8, 4) is 17.2 Å². The molecule has 0 heterocycles. The molecule has 2 unspecified atom stereocenters. The molecule has 2 atom stereocenters. The Bertz CT molecular complexity index is 941. The van der Waals surface area contributed by atoms with Crippen LogP contribution in [0, 0.1) is 10.1 Å². The van der Waals surface area contributed by atoms with Gasteiger partial charge < -0.3 is 9.47 Å². The van der Waals surface area contributed by atoms with Crippen LogP contribution in [0.1, 0.15) is 31.7 Å². The number of benzene rings is 2. The van der Waals surface area contributed by atoms with Crippen LogP contribution < -0.4 is 9.47 Å². The third-order valence-electron chi connectivity index (χ3n) is 3.93. The minimum Gasteiger partial charge on any atom is -0.456 e. The standard InChI is InChI=1S/C18H16ClF3NO6P/c1-2-3-4-17(30(26)27)29-16-10-12(6-7-14(16)23(24)25)28-15-8-5-11(9-13(15)19)18(20,21)22/h5-10,17H,2-4H2,1H3/p+1. The Morgan fingerprint density at radius 2 is 1.93 bits per heavy atom. The molecule has 0 aliphatic heterocycles. The number of nitro groups is 1. The molecule has 0 aromatic heterocycles. The molecule has 0 saturated heterocycles. The van der Waals surface area contributed by atoms with Crippen molar-refractivity contribution in [2.75, 3.05) is 0 Å². The summed E-state index contributed by atoms with van der Waals surface area (Å²) in [7, 11) is -2.77. The van der Waals surface area contributed by atoms with E-state index in [9.17, 15) is 32.7 Å². The van der Waals surface area contributed by atoms with Crippen molar-refractivity contribution in [1.29, 1.82) is 0 Å². The highest BCUT2D eigenvalue weighted by Crippen LogP contribution is 2.40. The maximum absolute atomic E-state index is 12.8. The number of nitro benzene ring substituents is 1. The van der Waals surface area contributed by atoms with Gasteiger partial charge in [-0.3, -0.25) is 10.1 Å². The van der Waals surface area contributed by atoms with Gasteiger partial charge in [-0.1, -0.05) is 24.9 Å². The predicted molar refractivity (Wildman–Crippen MR) is 103 cm³/mol. The minimum atomic E-state index is -4.58. The van der Waals surface area contributed by atoms with Gasteiger partial charge in [0, 0.05) is 18.6 Å². The molecule has 0 amide bonds. The van der Waals surface area contributed by atoms with Crippen molar-refractivity contribution in [2.24, 2.45) is 0 Å². The van der Waals surface area contributed by atoms with Crippen molar-refractivity contribution >= 4 is 25.3 Å². The van der Waals surface area contributed by atoms with Gasteiger partial charge in [0.1, 0.15) is 11.5 Å². The van der Waals surface area contributed by atoms with Gasteiger partial charge in [-0.15, -0.1) is 0 Å². The predicted octanol–water partition coefficient (Wildman–Crippen LogP) is 6.69. The normalized spacial score (nSPS) is 12.9. The minimum absolute atomic E-state index is 0.0142. The van der Waals surface area contributed by atoms with E-state index in [1.54, 1.807) is 0 Å². The van der Waals surface area contributed by atoms with Crippen LogP contribution >= 0.6 is 19.6 Å². The highest BCUT2D eigenvalue weighted by Gasteiger charge is 2.33. The molecular formula is C18H17ClF3NO6P+. The first-order chi connectivity index (χ1) is 14.0. The number of hydrogen-bond acceptors (Lipinski definition) is 5. The number of nitrogens with zero attached hydrogens (tertiary/aromatic N) is 1. The van der Waals surface area contributed by atoms with Gasteiger partial charge in [-0.25, -0.2) is 0 Å². The lowest BCUT2D eigenvalue weighted by Gasteiger charge is -2.13. The monoisotopic (exact) mass is 466 g/mol. The zero-order valence-corrected chi connectivity index (χ0v) is 17.2. The Labute approximate surface area is 175 Å². The Hall–Kier alpha value is -2.42. The molecule has 0 fully saturated rings. The second-order valence-corrected chi connectivity index (χ2v) is 7.74. The van der Waals surface area contributed by atoms with Crippen LogP contribution in [0.4, 0.5) is 18.9 Å². The lowest BCUT2D eigenvalue weighted by molar-refractivity contribution is -0.386. The lowest BCUT2D eigenvalue weighted by Crippen LogP contribution is -2.13. The molecule has 0 aliphatic carbocycles. The van der Waals surface area contributed by atoms with Crippen molar-refractivity contribution in [2.45, 2.75) is 38.2 Å². The topological polar surface area (TPSA) is 98.9 Å². The quantitative estimate of drug-likeness (QED) is 0.251. The van der Waals surface area contributed by atoms with Gasteiger partial charge in [0.05, 0.1) is 15.5 Å². The third-order valence-corrected chi connectivity index (χ3v) is 5.08. The molecule has 0 bridgehead atoms.